The zero-order chi connectivity index (χ0) is 23.6. The third-order valence-electron chi connectivity index (χ3n) is 7.28. The quantitative estimate of drug-likeness (QED) is 0.247. The molecule has 2 aliphatic heterocycles. The molecule has 7 N–H and O–H groups in total. The Morgan fingerprint density at radius 3 is 2.34 bits per heavy atom. The Bertz CT molecular complexity index is 626. The first-order valence-corrected chi connectivity index (χ1v) is 12.3. The monoisotopic (exact) mass is 454 g/mol. The van der Waals surface area contributed by atoms with E-state index in [0.717, 1.165) is 44.7 Å². The molecule has 0 aliphatic carbocycles. The predicted octanol–water partition coefficient (Wildman–Crippen LogP) is 1.54. The fourth-order valence-electron chi connectivity index (χ4n) is 5.41. The largest absolute Gasteiger partial charge is 0.481 e. The molecular weight excluding hydrogens is 412 g/mol. The number of nitrogens with two attached hydrogens (primary N) is 2. The molecule has 2 rings (SSSR count). The summed E-state index contributed by atoms with van der Waals surface area (Å²) in [4.78, 5) is 39.0. The molecule has 0 aromatic heterocycles. The van der Waals surface area contributed by atoms with Gasteiger partial charge in [-0.05, 0) is 70.5 Å². The predicted molar refractivity (Wildman–Crippen MR) is 122 cm³/mol. The molecule has 32 heavy (non-hydrogen) atoms. The van der Waals surface area contributed by atoms with Gasteiger partial charge in [-0.1, -0.05) is 32.1 Å². The van der Waals surface area contributed by atoms with Gasteiger partial charge < -0.3 is 31.9 Å². The van der Waals surface area contributed by atoms with Crippen molar-refractivity contribution in [3.05, 3.63) is 0 Å². The van der Waals surface area contributed by atoms with Crippen molar-refractivity contribution in [2.45, 2.75) is 88.6 Å². The highest BCUT2D eigenvalue weighted by atomic mass is 16.4. The third kappa shape index (κ3) is 6.65. The highest BCUT2D eigenvalue weighted by Crippen LogP contribution is 2.40. The number of likely N-dealkylation sites (tertiary alicyclic amines) is 1. The molecule has 0 spiro atoms. The van der Waals surface area contributed by atoms with E-state index < -0.39 is 35.3 Å². The van der Waals surface area contributed by atoms with Crippen LogP contribution in [0, 0.1) is 11.8 Å². The number of carboxylic acids is 2. The van der Waals surface area contributed by atoms with Gasteiger partial charge in [-0.25, -0.2) is 4.79 Å². The number of carbonyl (C=O) groups excluding carboxylic acids is 1. The highest BCUT2D eigenvalue weighted by Gasteiger charge is 2.58. The minimum absolute atomic E-state index is 0.148. The summed E-state index contributed by atoms with van der Waals surface area (Å²) < 4.78 is 0. The molecule has 184 valence electrons. The molecule has 2 heterocycles. The SMILES string of the molecule is NCCCC[C@H](N)C(=O)N1CCC[C@]1(C(=O)O)[C@H](CCCCCC1CCNCC1)C(=O)O. The highest BCUT2D eigenvalue weighted by molar-refractivity contribution is 5.94. The lowest BCUT2D eigenvalue weighted by Gasteiger charge is -2.40. The molecule has 0 aromatic carbocycles. The number of nitrogens with one attached hydrogen (secondary N) is 1. The molecule has 2 fully saturated rings. The van der Waals surface area contributed by atoms with Crippen LogP contribution < -0.4 is 16.8 Å². The van der Waals surface area contributed by atoms with Crippen LogP contribution in [-0.2, 0) is 14.4 Å². The first-order valence-electron chi connectivity index (χ1n) is 12.3. The summed E-state index contributed by atoms with van der Waals surface area (Å²) in [6.45, 7) is 2.86. The minimum Gasteiger partial charge on any atom is -0.481 e. The van der Waals surface area contributed by atoms with Crippen LogP contribution in [0.4, 0.5) is 0 Å². The average molecular weight is 455 g/mol. The maximum Gasteiger partial charge on any atom is 0.330 e. The Labute approximate surface area is 191 Å². The topological polar surface area (TPSA) is 159 Å². The Balaban J connectivity index is 2.01. The van der Waals surface area contributed by atoms with E-state index in [-0.39, 0.29) is 19.4 Å². The molecule has 9 nitrogen and oxygen atoms in total. The number of unbranched alkanes of at least 4 members (excludes halogenated alkanes) is 3. The van der Waals surface area contributed by atoms with E-state index in [2.05, 4.69) is 5.32 Å². The van der Waals surface area contributed by atoms with Gasteiger partial charge >= 0.3 is 11.9 Å². The molecule has 0 saturated carbocycles. The molecule has 2 saturated heterocycles. The second kappa shape index (κ2) is 13.1. The Morgan fingerprint density at radius 2 is 1.72 bits per heavy atom. The molecule has 0 bridgehead atoms. The third-order valence-corrected chi connectivity index (χ3v) is 7.28. The lowest BCUT2D eigenvalue weighted by atomic mass is 9.77. The van der Waals surface area contributed by atoms with Crippen LogP contribution in [0.25, 0.3) is 0 Å². The number of piperidine rings is 1. The molecule has 1 amide bonds. The van der Waals surface area contributed by atoms with Gasteiger partial charge in [0.05, 0.1) is 12.0 Å². The molecule has 3 atom stereocenters. The van der Waals surface area contributed by atoms with Crippen LogP contribution in [0.5, 0.6) is 0 Å². The first kappa shape index (κ1) is 26.5. The summed E-state index contributed by atoms with van der Waals surface area (Å²) in [6, 6.07) is -0.835. The fourth-order valence-corrected chi connectivity index (χ4v) is 5.41. The van der Waals surface area contributed by atoms with Crippen LogP contribution in [0.15, 0.2) is 0 Å². The molecule has 0 aromatic rings. The van der Waals surface area contributed by atoms with Crippen LogP contribution >= 0.6 is 0 Å². The second-order valence-corrected chi connectivity index (χ2v) is 9.44. The van der Waals surface area contributed by atoms with E-state index in [1.165, 1.54) is 17.7 Å². The van der Waals surface area contributed by atoms with Gasteiger partial charge in [0.15, 0.2) is 5.54 Å². The standard InChI is InChI=1S/C23H42N4O5/c24-13-5-4-9-19(25)20(28)27-16-6-12-23(27,22(31)32)18(21(29)30)8-3-1-2-7-17-10-14-26-15-11-17/h17-19,26H,1-16,24-25H2,(H,29,30)(H,31,32)/t18-,19+,23-/m1/s1. The Kier molecular flexibility index (Phi) is 10.9. The zero-order valence-corrected chi connectivity index (χ0v) is 19.3. The number of hydrogen-bond acceptors (Lipinski definition) is 6. The average Bonchev–Trinajstić information content (AvgIpc) is 3.22. The van der Waals surface area contributed by atoms with Crippen LogP contribution in [0.1, 0.15) is 77.0 Å². The van der Waals surface area contributed by atoms with E-state index >= 15 is 0 Å². The van der Waals surface area contributed by atoms with Gasteiger partial charge in [-0.3, -0.25) is 9.59 Å². The minimum atomic E-state index is -1.72. The lowest BCUT2D eigenvalue weighted by Crippen LogP contribution is -2.62. The second-order valence-electron chi connectivity index (χ2n) is 9.44. The van der Waals surface area contributed by atoms with Crippen molar-refractivity contribution in [2.24, 2.45) is 23.3 Å². The lowest BCUT2D eigenvalue weighted by molar-refractivity contribution is -0.168. The summed E-state index contributed by atoms with van der Waals surface area (Å²) in [5.74, 6) is -3.26. The first-order chi connectivity index (χ1) is 15.3. The molecule has 0 unspecified atom stereocenters. The van der Waals surface area contributed by atoms with Gasteiger partial charge in [0.25, 0.3) is 0 Å². The molecule has 9 heteroatoms. The van der Waals surface area contributed by atoms with Crippen molar-refractivity contribution in [1.29, 1.82) is 0 Å². The number of nitrogens with zero attached hydrogens (tertiary/aromatic N) is 1. The van der Waals surface area contributed by atoms with Crippen molar-refractivity contribution in [3.8, 4) is 0 Å². The van der Waals surface area contributed by atoms with Gasteiger partial charge in [0, 0.05) is 6.54 Å². The summed E-state index contributed by atoms with van der Waals surface area (Å²) in [5, 5.41) is 23.5. The van der Waals surface area contributed by atoms with E-state index in [9.17, 15) is 24.6 Å². The van der Waals surface area contributed by atoms with E-state index in [4.69, 9.17) is 11.5 Å². The number of rotatable bonds is 14. The summed E-state index contributed by atoms with van der Waals surface area (Å²) >= 11 is 0. The van der Waals surface area contributed by atoms with E-state index in [1.807, 2.05) is 0 Å². The Morgan fingerprint density at radius 1 is 1.03 bits per heavy atom. The number of carboxylic acid groups (broad SMARTS) is 2. The van der Waals surface area contributed by atoms with Crippen molar-refractivity contribution >= 4 is 17.8 Å². The molecular formula is C23H42N4O5. The van der Waals surface area contributed by atoms with Crippen molar-refractivity contribution in [3.63, 3.8) is 0 Å². The zero-order valence-electron chi connectivity index (χ0n) is 19.3. The number of aliphatic carboxylic acids is 2. The van der Waals surface area contributed by atoms with Crippen LogP contribution in [-0.4, -0.2) is 70.7 Å². The number of amides is 1. The Hall–Kier alpha value is -1.71. The van der Waals surface area contributed by atoms with Gasteiger partial charge in [0.2, 0.25) is 5.91 Å². The maximum absolute atomic E-state index is 13.0. The van der Waals surface area contributed by atoms with Gasteiger partial charge in [0.1, 0.15) is 0 Å². The van der Waals surface area contributed by atoms with Crippen LogP contribution in [0.2, 0.25) is 0 Å². The van der Waals surface area contributed by atoms with Gasteiger partial charge in [-0.2, -0.15) is 0 Å². The molecule has 0 radical (unpaired) electrons. The summed E-state index contributed by atoms with van der Waals surface area (Å²) in [7, 11) is 0. The van der Waals surface area contributed by atoms with Crippen molar-refractivity contribution in [1.82, 2.24) is 10.2 Å². The molecule has 2 aliphatic rings. The number of hydrogen-bond donors (Lipinski definition) is 5. The summed E-state index contributed by atoms with van der Waals surface area (Å²) in [6.07, 6.45) is 8.72. The van der Waals surface area contributed by atoms with E-state index in [0.29, 0.717) is 32.2 Å². The van der Waals surface area contributed by atoms with Crippen LogP contribution in [0.3, 0.4) is 0 Å². The van der Waals surface area contributed by atoms with Crippen molar-refractivity contribution in [2.75, 3.05) is 26.2 Å². The maximum atomic E-state index is 13.0. The normalized spacial score (nSPS) is 23.8. The number of carbonyl (C=O) groups is 3. The van der Waals surface area contributed by atoms with Crippen molar-refractivity contribution < 1.29 is 24.6 Å². The summed E-state index contributed by atoms with van der Waals surface area (Å²) in [5.41, 5.74) is 9.85. The van der Waals surface area contributed by atoms with Gasteiger partial charge in [-0.15, -0.1) is 0 Å². The fraction of sp³-hybridized carbons (Fsp3) is 0.870. The van der Waals surface area contributed by atoms with E-state index in [1.54, 1.807) is 0 Å². The smallest absolute Gasteiger partial charge is 0.330 e.